The molecule has 2 spiro atoms. The number of carbonyl (C=O) groups is 8. The van der Waals surface area contributed by atoms with Crippen LogP contribution in [0.15, 0.2) is 0 Å². The number of β-lactam (4-membered cyclic amide) rings is 8. The third-order valence-corrected chi connectivity index (χ3v) is 4.64. The molecule has 0 aromatic rings. The number of carbonyl (C=O) groups excluding carboxylic acids is 8. The maximum atomic E-state index is 12.0. The van der Waals surface area contributed by atoms with E-state index in [1.807, 2.05) is 0 Å². The van der Waals surface area contributed by atoms with Crippen molar-refractivity contribution in [2.75, 3.05) is 13.7 Å². The summed E-state index contributed by atoms with van der Waals surface area (Å²) in [7, 11) is 1.10. The molecular formula is C12H5N4O8Y3-. The SMILES string of the molecule is CN1C(=O)C2(C1=O)C(=O)N(CN1C(=O)C3(C(=O)[N-]C3=O)C1=O)C2=O.[Y].[Y].[Y]. The second-order valence-corrected chi connectivity index (χ2v) is 5.61. The Balaban J connectivity index is 0.00000121. The predicted octanol–water partition coefficient (Wildman–Crippen LogP) is -3.91. The number of nitrogens with zero attached hydrogens (tertiary/aromatic N) is 4. The van der Waals surface area contributed by atoms with Crippen molar-refractivity contribution in [3.05, 3.63) is 5.32 Å². The predicted molar refractivity (Wildman–Crippen MR) is 64.6 cm³/mol. The summed E-state index contributed by atoms with van der Waals surface area (Å²) in [4.78, 5) is 95.2. The monoisotopic (exact) mass is 600 g/mol. The summed E-state index contributed by atoms with van der Waals surface area (Å²) in [5, 5.41) is 2.86. The van der Waals surface area contributed by atoms with Gasteiger partial charge in [0.2, 0.25) is 5.41 Å². The molecule has 8 amide bonds. The van der Waals surface area contributed by atoms with Crippen LogP contribution < -0.4 is 0 Å². The molecule has 4 aliphatic heterocycles. The van der Waals surface area contributed by atoms with Crippen molar-refractivity contribution in [1.82, 2.24) is 14.7 Å². The first-order valence-electron chi connectivity index (χ1n) is 6.50. The van der Waals surface area contributed by atoms with Gasteiger partial charge in [0.25, 0.3) is 40.9 Å². The van der Waals surface area contributed by atoms with E-state index in [2.05, 4.69) is 5.32 Å². The van der Waals surface area contributed by atoms with Gasteiger partial charge in [0.1, 0.15) is 6.67 Å². The van der Waals surface area contributed by atoms with Crippen molar-refractivity contribution in [3.63, 3.8) is 0 Å². The molecule has 4 heterocycles. The molecule has 4 aliphatic rings. The molecule has 27 heavy (non-hydrogen) atoms. The second kappa shape index (κ2) is 7.28. The molecule has 0 unspecified atom stereocenters. The van der Waals surface area contributed by atoms with E-state index in [1.165, 1.54) is 0 Å². The topological polar surface area (TPSA) is 160 Å². The Morgan fingerprint density at radius 2 is 0.963 bits per heavy atom. The molecule has 0 bridgehead atoms. The smallest absolute Gasteiger partial charge is 0.285 e. The number of amides is 8. The molecule has 0 saturated carbocycles. The van der Waals surface area contributed by atoms with Gasteiger partial charge in [0.05, 0.1) is 11.8 Å². The van der Waals surface area contributed by atoms with Crippen LogP contribution in [0.5, 0.6) is 0 Å². The Hall–Kier alpha value is -0.128. The van der Waals surface area contributed by atoms with Gasteiger partial charge in [-0.2, -0.15) is 0 Å². The Morgan fingerprint density at radius 3 is 1.30 bits per heavy atom. The molecule has 0 N–H and O–H groups in total. The fourth-order valence-electron chi connectivity index (χ4n) is 3.13. The van der Waals surface area contributed by atoms with Crippen molar-refractivity contribution in [2.24, 2.45) is 10.8 Å². The van der Waals surface area contributed by atoms with Crippen LogP contribution in [-0.4, -0.2) is 75.7 Å². The Kier molecular flexibility index (Phi) is 6.72. The van der Waals surface area contributed by atoms with Crippen molar-refractivity contribution < 1.29 is 136 Å². The van der Waals surface area contributed by atoms with Crippen molar-refractivity contribution in [1.29, 1.82) is 0 Å². The number of rotatable bonds is 2. The number of imide groups is 4. The van der Waals surface area contributed by atoms with E-state index >= 15 is 0 Å². The van der Waals surface area contributed by atoms with E-state index in [9.17, 15) is 38.4 Å². The van der Waals surface area contributed by atoms with E-state index in [4.69, 9.17) is 0 Å². The molecule has 0 aliphatic carbocycles. The Bertz CT molecular complexity index is 820. The summed E-state index contributed by atoms with van der Waals surface area (Å²) in [6, 6.07) is 0. The molecule has 0 aromatic heterocycles. The van der Waals surface area contributed by atoms with Gasteiger partial charge in [-0.25, -0.2) is 0 Å². The van der Waals surface area contributed by atoms with Gasteiger partial charge in [-0.1, -0.05) is 0 Å². The average molecular weight is 600 g/mol. The minimum absolute atomic E-state index is 0. The first-order chi connectivity index (χ1) is 11.1. The van der Waals surface area contributed by atoms with Gasteiger partial charge in [-0.3, -0.25) is 43.5 Å². The van der Waals surface area contributed by atoms with Crippen molar-refractivity contribution in [3.8, 4) is 0 Å². The zero-order chi connectivity index (χ0) is 17.8. The van der Waals surface area contributed by atoms with Gasteiger partial charge in [0.15, 0.2) is 0 Å². The zero-order valence-electron chi connectivity index (χ0n) is 13.5. The molecule has 12 nitrogen and oxygen atoms in total. The molecule has 3 radical (unpaired) electrons. The van der Waals surface area contributed by atoms with Crippen LogP contribution in [0.3, 0.4) is 0 Å². The minimum Gasteiger partial charge on any atom is -0.592 e. The fraction of sp³-hybridized carbons (Fsp3) is 0.333. The third-order valence-electron chi connectivity index (χ3n) is 4.64. The number of hydrogen-bond donors (Lipinski definition) is 0. The summed E-state index contributed by atoms with van der Waals surface area (Å²) in [5.74, 6) is -9.05. The first-order valence-corrected chi connectivity index (χ1v) is 6.50. The zero-order valence-corrected chi connectivity index (χ0v) is 22.0. The van der Waals surface area contributed by atoms with Crippen LogP contribution in [0.25, 0.3) is 5.32 Å². The summed E-state index contributed by atoms with van der Waals surface area (Å²) in [6.45, 7) is -0.871. The summed E-state index contributed by atoms with van der Waals surface area (Å²) < 4.78 is 0. The van der Waals surface area contributed by atoms with Crippen LogP contribution in [0.4, 0.5) is 0 Å². The normalized spacial score (nSPS) is 23.5. The molecule has 131 valence electrons. The van der Waals surface area contributed by atoms with Gasteiger partial charge < -0.3 is 14.9 Å². The third kappa shape index (κ3) is 2.31. The van der Waals surface area contributed by atoms with Crippen LogP contribution in [0.1, 0.15) is 0 Å². The largest absolute Gasteiger partial charge is 0.592 e. The fourth-order valence-corrected chi connectivity index (χ4v) is 3.13. The van der Waals surface area contributed by atoms with Crippen LogP contribution in [-0.2, 0) is 136 Å². The first kappa shape index (κ1) is 24.9. The van der Waals surface area contributed by atoms with Gasteiger partial charge in [-0.05, 0) is 0 Å². The van der Waals surface area contributed by atoms with E-state index in [-0.39, 0.29) is 98.1 Å². The van der Waals surface area contributed by atoms with E-state index < -0.39 is 64.8 Å². The average Bonchev–Trinajstić information content (AvgIpc) is 2.55. The molecule has 4 saturated heterocycles. The minimum atomic E-state index is -2.48. The Labute approximate surface area is 225 Å². The number of likely N-dealkylation sites (tertiary alicyclic amines) is 3. The standard InChI is InChI=1S/C12H6N4O8.3Y/c1-14-5(19)12(6(14)20)9(23)16(10(12)24)2-15-7(21)11(8(15)22)3(17)13-4(11)18;;;/h2H2,1H3,(H,13,17,18);;;/p-1. The molecule has 0 atom stereocenters. The van der Waals surface area contributed by atoms with E-state index in [0.29, 0.717) is 14.7 Å². The van der Waals surface area contributed by atoms with Crippen molar-refractivity contribution in [2.45, 2.75) is 0 Å². The maximum Gasteiger partial charge on any atom is 0.285 e. The Morgan fingerprint density at radius 1 is 0.630 bits per heavy atom. The molecular weight excluding hydrogens is 595 g/mol. The van der Waals surface area contributed by atoms with Gasteiger partial charge in [-0.15, -0.1) is 0 Å². The van der Waals surface area contributed by atoms with Crippen LogP contribution >= 0.6 is 0 Å². The second-order valence-electron chi connectivity index (χ2n) is 5.61. The number of hydrogen-bond acceptors (Lipinski definition) is 8. The quantitative estimate of drug-likeness (QED) is 0.230. The van der Waals surface area contributed by atoms with E-state index in [1.54, 1.807) is 0 Å². The molecule has 4 rings (SSSR count). The van der Waals surface area contributed by atoms with E-state index in [0.717, 1.165) is 7.05 Å². The summed E-state index contributed by atoms with van der Waals surface area (Å²) in [6.07, 6.45) is 0. The van der Waals surface area contributed by atoms with Gasteiger partial charge >= 0.3 is 0 Å². The van der Waals surface area contributed by atoms with Crippen LogP contribution in [0, 0.1) is 10.8 Å². The van der Waals surface area contributed by atoms with Gasteiger partial charge in [0, 0.05) is 105 Å². The summed E-state index contributed by atoms with van der Waals surface area (Å²) >= 11 is 0. The van der Waals surface area contributed by atoms with Crippen molar-refractivity contribution >= 4 is 47.3 Å². The molecule has 0 aromatic carbocycles. The molecule has 15 heteroatoms. The molecule has 4 fully saturated rings. The van der Waals surface area contributed by atoms with Crippen LogP contribution in [0.2, 0.25) is 0 Å². The maximum absolute atomic E-state index is 12.0. The summed E-state index contributed by atoms with van der Waals surface area (Å²) in [5.41, 5.74) is -4.89.